The first kappa shape index (κ1) is 27.9. The van der Waals surface area contributed by atoms with Gasteiger partial charge in [0.2, 0.25) is 0 Å². The van der Waals surface area contributed by atoms with Crippen LogP contribution in [-0.2, 0) is 34.2 Å². The predicted octanol–water partition coefficient (Wildman–Crippen LogP) is 9.34. The van der Waals surface area contributed by atoms with Crippen LogP contribution in [0.2, 0.25) is 0 Å². The van der Waals surface area contributed by atoms with Crippen molar-refractivity contribution in [1.29, 1.82) is 0 Å². The lowest BCUT2D eigenvalue weighted by Crippen LogP contribution is -2.50. The molecular formula is C38H43FO2. The summed E-state index contributed by atoms with van der Waals surface area (Å²) in [5.41, 5.74) is 10.8. The Labute approximate surface area is 245 Å². The van der Waals surface area contributed by atoms with E-state index in [9.17, 15) is 4.79 Å². The summed E-state index contributed by atoms with van der Waals surface area (Å²) >= 11 is 0. The highest BCUT2D eigenvalue weighted by Gasteiger charge is 2.53. The Bertz CT molecular complexity index is 1510. The molecule has 3 aliphatic rings. The van der Waals surface area contributed by atoms with Crippen LogP contribution in [0, 0.1) is 24.1 Å². The Balaban J connectivity index is 1.24. The van der Waals surface area contributed by atoms with E-state index in [2.05, 4.69) is 56.3 Å². The average molecular weight is 551 g/mol. The second-order valence-electron chi connectivity index (χ2n) is 13.4. The Morgan fingerprint density at radius 1 is 0.927 bits per heavy atom. The van der Waals surface area contributed by atoms with Crippen LogP contribution in [-0.4, -0.2) is 13.1 Å². The SMILES string of the molecule is COC(=O)[C@@H]1CC[C@@]12CCCc1ccc(CCCc3ccc(-c4cc(C)ccc4F)c(C4=CCCC4(C)C)c3)cc12. The third-order valence-electron chi connectivity index (χ3n) is 10.4. The Kier molecular flexibility index (Phi) is 7.42. The molecule has 41 heavy (non-hydrogen) atoms. The topological polar surface area (TPSA) is 26.3 Å². The van der Waals surface area contributed by atoms with Crippen molar-refractivity contribution in [3.05, 3.63) is 99.9 Å². The molecule has 0 unspecified atom stereocenters. The number of methoxy groups -OCH3 is 1. The summed E-state index contributed by atoms with van der Waals surface area (Å²) in [7, 11) is 1.52. The summed E-state index contributed by atoms with van der Waals surface area (Å²) < 4.78 is 20.2. The van der Waals surface area contributed by atoms with E-state index in [4.69, 9.17) is 4.74 Å². The van der Waals surface area contributed by atoms with Crippen LogP contribution in [0.1, 0.15) is 92.2 Å². The van der Waals surface area contributed by atoms with E-state index in [0.29, 0.717) is 5.56 Å². The van der Waals surface area contributed by atoms with Crippen LogP contribution in [0.4, 0.5) is 4.39 Å². The number of esters is 1. The molecule has 1 fully saturated rings. The zero-order chi connectivity index (χ0) is 28.8. The largest absolute Gasteiger partial charge is 0.469 e. The number of carbonyl (C=O) groups is 1. The van der Waals surface area contributed by atoms with Gasteiger partial charge in [-0.3, -0.25) is 4.79 Å². The lowest BCUT2D eigenvalue weighted by Gasteiger charge is -2.51. The van der Waals surface area contributed by atoms with Crippen molar-refractivity contribution < 1.29 is 13.9 Å². The van der Waals surface area contributed by atoms with E-state index in [1.165, 1.54) is 40.5 Å². The molecule has 0 radical (unpaired) electrons. The zero-order valence-corrected chi connectivity index (χ0v) is 25.1. The second kappa shape index (κ2) is 10.9. The lowest BCUT2D eigenvalue weighted by molar-refractivity contribution is -0.153. The predicted molar refractivity (Wildman–Crippen MR) is 165 cm³/mol. The van der Waals surface area contributed by atoms with Crippen LogP contribution in [0.5, 0.6) is 0 Å². The minimum absolute atomic E-state index is 0.00566. The lowest BCUT2D eigenvalue weighted by atomic mass is 9.52. The molecule has 3 aromatic carbocycles. The Hall–Kier alpha value is -3.20. The third-order valence-corrected chi connectivity index (χ3v) is 10.4. The van der Waals surface area contributed by atoms with Gasteiger partial charge in [0.25, 0.3) is 0 Å². The molecule has 3 aliphatic carbocycles. The van der Waals surface area contributed by atoms with Gasteiger partial charge in [-0.2, -0.15) is 0 Å². The van der Waals surface area contributed by atoms with Crippen molar-refractivity contribution in [3.63, 3.8) is 0 Å². The Morgan fingerprint density at radius 3 is 2.41 bits per heavy atom. The van der Waals surface area contributed by atoms with Crippen molar-refractivity contribution in [2.75, 3.05) is 7.11 Å². The molecule has 2 nitrogen and oxygen atoms in total. The van der Waals surface area contributed by atoms with Crippen LogP contribution >= 0.6 is 0 Å². The van der Waals surface area contributed by atoms with Crippen LogP contribution < -0.4 is 0 Å². The molecule has 1 spiro atoms. The van der Waals surface area contributed by atoms with E-state index in [1.54, 1.807) is 6.07 Å². The van der Waals surface area contributed by atoms with Gasteiger partial charge < -0.3 is 4.74 Å². The van der Waals surface area contributed by atoms with Gasteiger partial charge in [0.05, 0.1) is 13.0 Å². The number of hydrogen-bond donors (Lipinski definition) is 0. The molecule has 0 bridgehead atoms. The third kappa shape index (κ3) is 5.07. The normalized spacial score (nSPS) is 22.7. The van der Waals surface area contributed by atoms with Crippen molar-refractivity contribution in [2.45, 2.75) is 90.4 Å². The van der Waals surface area contributed by atoms with Crippen LogP contribution in [0.15, 0.2) is 60.7 Å². The number of fused-ring (bicyclic) bond motifs is 2. The number of allylic oxidation sites excluding steroid dienone is 2. The number of aryl methyl sites for hydroxylation is 4. The molecule has 0 saturated heterocycles. The maximum Gasteiger partial charge on any atom is 0.309 e. The van der Waals surface area contributed by atoms with Gasteiger partial charge in [-0.25, -0.2) is 4.39 Å². The van der Waals surface area contributed by atoms with E-state index in [0.717, 1.165) is 75.3 Å². The van der Waals surface area contributed by atoms with Crippen molar-refractivity contribution >= 4 is 11.5 Å². The number of rotatable bonds is 7. The van der Waals surface area contributed by atoms with Crippen molar-refractivity contribution in [2.24, 2.45) is 11.3 Å². The van der Waals surface area contributed by atoms with Gasteiger partial charge in [-0.1, -0.05) is 68.0 Å². The molecule has 0 amide bonds. The smallest absolute Gasteiger partial charge is 0.309 e. The summed E-state index contributed by atoms with van der Waals surface area (Å²) in [5, 5.41) is 0. The average Bonchev–Trinajstić information content (AvgIpc) is 3.31. The van der Waals surface area contributed by atoms with Crippen molar-refractivity contribution in [3.8, 4) is 11.1 Å². The van der Waals surface area contributed by atoms with Gasteiger partial charge in [-0.05, 0) is 128 Å². The van der Waals surface area contributed by atoms with Gasteiger partial charge >= 0.3 is 5.97 Å². The quantitative estimate of drug-likeness (QED) is 0.274. The van der Waals surface area contributed by atoms with Gasteiger partial charge in [-0.15, -0.1) is 0 Å². The zero-order valence-electron chi connectivity index (χ0n) is 25.1. The maximum absolute atomic E-state index is 15.1. The van der Waals surface area contributed by atoms with E-state index < -0.39 is 0 Å². The Morgan fingerprint density at radius 2 is 1.71 bits per heavy atom. The van der Waals surface area contributed by atoms with Gasteiger partial charge in [0.1, 0.15) is 5.82 Å². The molecule has 0 heterocycles. The summed E-state index contributed by atoms with van der Waals surface area (Å²) in [6, 6.07) is 19.1. The highest BCUT2D eigenvalue weighted by atomic mass is 19.1. The molecule has 6 rings (SSSR count). The molecule has 0 aliphatic heterocycles. The first-order chi connectivity index (χ1) is 19.7. The number of benzene rings is 3. The van der Waals surface area contributed by atoms with Gasteiger partial charge in [0.15, 0.2) is 0 Å². The summed E-state index contributed by atoms with van der Waals surface area (Å²) in [4.78, 5) is 12.6. The molecule has 1 saturated carbocycles. The molecule has 3 aromatic rings. The highest BCUT2D eigenvalue weighted by Crippen LogP contribution is 2.56. The summed E-state index contributed by atoms with van der Waals surface area (Å²) in [5.74, 6) is -0.196. The van der Waals surface area contributed by atoms with Crippen LogP contribution in [0.3, 0.4) is 0 Å². The molecule has 2 atom stereocenters. The first-order valence-corrected chi connectivity index (χ1v) is 15.5. The minimum atomic E-state index is -0.160. The first-order valence-electron chi connectivity index (χ1n) is 15.5. The molecule has 0 aromatic heterocycles. The van der Waals surface area contributed by atoms with E-state index in [-0.39, 0.29) is 28.5 Å². The van der Waals surface area contributed by atoms with Gasteiger partial charge in [0, 0.05) is 11.0 Å². The second-order valence-corrected chi connectivity index (χ2v) is 13.4. The molecular weight excluding hydrogens is 507 g/mol. The summed E-state index contributed by atoms with van der Waals surface area (Å²) in [6.45, 7) is 6.65. The number of ether oxygens (including phenoxy) is 1. The van der Waals surface area contributed by atoms with Crippen molar-refractivity contribution in [1.82, 2.24) is 0 Å². The monoisotopic (exact) mass is 550 g/mol. The van der Waals surface area contributed by atoms with Crippen LogP contribution in [0.25, 0.3) is 16.7 Å². The molecule has 0 N–H and O–H groups in total. The van der Waals surface area contributed by atoms with E-state index in [1.807, 2.05) is 19.1 Å². The molecule has 3 heteroatoms. The molecule has 214 valence electrons. The number of carbonyl (C=O) groups excluding carboxylic acids is 1. The summed E-state index contributed by atoms with van der Waals surface area (Å²) in [6.07, 6.45) is 13.0. The highest BCUT2D eigenvalue weighted by molar-refractivity contribution is 5.85. The number of hydrogen-bond acceptors (Lipinski definition) is 2. The fourth-order valence-electron chi connectivity index (χ4n) is 7.94. The minimum Gasteiger partial charge on any atom is -0.469 e. The fourth-order valence-corrected chi connectivity index (χ4v) is 7.94. The maximum atomic E-state index is 15.1. The number of halogens is 1. The fraction of sp³-hybridized carbons (Fsp3) is 0.447. The standard InChI is InChI=1S/C38H43FO2/c1-25-12-17-35(39)31(22-25)29-16-14-26(23-30(29)32-11-7-19-37(32,2)3)8-5-9-27-13-15-28-10-6-20-38(34(28)24-27)21-18-33(38)36(40)41-4/h11-17,22-24,33H,5-10,18-21H2,1-4H3/t33-,38-/m0/s1. The van der Waals surface area contributed by atoms with E-state index >= 15 is 4.39 Å².